The van der Waals surface area contributed by atoms with Crippen molar-refractivity contribution in [2.45, 2.75) is 0 Å². The molecule has 0 fully saturated rings. The fraction of sp³-hybridized carbons (Fsp3) is 0. The van der Waals surface area contributed by atoms with Crippen LogP contribution in [0.15, 0.2) is 510 Å². The lowest BCUT2D eigenvalue weighted by atomic mass is 9.99. The summed E-state index contributed by atoms with van der Waals surface area (Å²) in [5, 5.41) is 14.8. The Morgan fingerprint density at radius 1 is 0.0806 bits per heavy atom. The van der Waals surface area contributed by atoms with Crippen molar-refractivity contribution in [1.82, 2.24) is 0 Å². The van der Waals surface area contributed by atoms with E-state index >= 15 is 0 Å². The van der Waals surface area contributed by atoms with Crippen LogP contribution in [0.25, 0.3) is 131 Å². The van der Waals surface area contributed by atoms with E-state index in [-0.39, 0.29) is 0 Å². The van der Waals surface area contributed by atoms with E-state index in [1.165, 1.54) is 131 Å². The summed E-state index contributed by atoms with van der Waals surface area (Å²) in [5.74, 6) is 0. The molecule has 0 spiro atoms. The van der Waals surface area contributed by atoms with Crippen molar-refractivity contribution in [1.29, 1.82) is 0 Å². The summed E-state index contributed by atoms with van der Waals surface area (Å²) in [6, 6.07) is 184. The number of nitrogens with zero attached hydrogens (tertiary/aromatic N) is 4. The van der Waals surface area contributed by atoms with Gasteiger partial charge in [-0.05, 0) is 289 Å². The summed E-state index contributed by atoms with van der Waals surface area (Å²) in [5.41, 5.74) is 27.7. The van der Waals surface area contributed by atoms with Crippen LogP contribution in [0.4, 0.5) is 68.2 Å². The molecule has 22 aromatic rings. The smallest absolute Gasteiger partial charge is 0.0468 e. The van der Waals surface area contributed by atoms with Gasteiger partial charge in [-0.15, -0.1) is 0 Å². The van der Waals surface area contributed by atoms with Crippen molar-refractivity contribution in [3.8, 4) is 66.8 Å². The van der Waals surface area contributed by atoms with Crippen molar-refractivity contribution in [2.75, 3.05) is 19.6 Å². The lowest BCUT2D eigenvalue weighted by molar-refractivity contribution is 1.28. The van der Waals surface area contributed by atoms with Gasteiger partial charge >= 0.3 is 0 Å². The molecule has 4 nitrogen and oxygen atoms in total. The summed E-state index contributed by atoms with van der Waals surface area (Å²) in [6.07, 6.45) is 0. The van der Waals surface area contributed by atoms with Gasteiger partial charge in [0.05, 0.1) is 0 Å². The second kappa shape index (κ2) is 33.8. The van der Waals surface area contributed by atoms with Gasteiger partial charge in [0.1, 0.15) is 0 Å². The third-order valence-electron chi connectivity index (χ3n) is 24.0. The number of fused-ring (bicyclic) bond motifs is 6. The topological polar surface area (TPSA) is 13.0 Å². The molecular formula is C120H84N4. The predicted molar refractivity (Wildman–Crippen MR) is 529 cm³/mol. The van der Waals surface area contributed by atoms with E-state index in [4.69, 9.17) is 0 Å². The predicted octanol–water partition coefficient (Wildman–Crippen LogP) is 34.2. The highest BCUT2D eigenvalue weighted by molar-refractivity contribution is 5.97. The van der Waals surface area contributed by atoms with Crippen molar-refractivity contribution < 1.29 is 0 Å². The lowest BCUT2D eigenvalue weighted by Gasteiger charge is -2.26. The zero-order valence-electron chi connectivity index (χ0n) is 68.3. The number of rotatable bonds is 18. The maximum absolute atomic E-state index is 2.36. The number of hydrogen-bond donors (Lipinski definition) is 0. The van der Waals surface area contributed by atoms with E-state index < -0.39 is 0 Å². The first-order valence-electron chi connectivity index (χ1n) is 42.5. The molecule has 0 aliphatic carbocycles. The molecule has 0 N–H and O–H groups in total. The molecule has 0 aliphatic heterocycles. The highest BCUT2D eigenvalue weighted by atomic mass is 15.2. The molecule has 0 heterocycles. The first kappa shape index (κ1) is 75.1. The van der Waals surface area contributed by atoms with Gasteiger partial charge in [-0.1, -0.05) is 352 Å². The number of hydrogen-bond acceptors (Lipinski definition) is 4. The van der Waals surface area contributed by atoms with Crippen molar-refractivity contribution in [3.05, 3.63) is 510 Å². The molecule has 0 amide bonds. The van der Waals surface area contributed by atoms with Crippen LogP contribution in [0.2, 0.25) is 0 Å². The second-order valence-electron chi connectivity index (χ2n) is 31.7. The van der Waals surface area contributed by atoms with Gasteiger partial charge in [-0.2, -0.15) is 0 Å². The Hall–Kier alpha value is -16.4. The Morgan fingerprint density at radius 2 is 0.210 bits per heavy atom. The molecule has 0 aromatic heterocycles. The number of para-hydroxylation sites is 2. The molecule has 0 saturated carbocycles. The fourth-order valence-electron chi connectivity index (χ4n) is 17.5. The zero-order chi connectivity index (χ0) is 82.5. The quantitative estimate of drug-likeness (QED) is 0.0849. The molecule has 4 heteroatoms. The monoisotopic (exact) mass is 1580 g/mol. The second-order valence-corrected chi connectivity index (χ2v) is 31.7. The Labute approximate surface area is 723 Å². The van der Waals surface area contributed by atoms with Crippen molar-refractivity contribution in [3.63, 3.8) is 0 Å². The van der Waals surface area contributed by atoms with Crippen LogP contribution >= 0.6 is 0 Å². The van der Waals surface area contributed by atoms with E-state index in [1.807, 2.05) is 0 Å². The van der Waals surface area contributed by atoms with Crippen LogP contribution in [-0.2, 0) is 0 Å². The number of benzene rings is 22. The minimum absolute atomic E-state index is 1.11. The summed E-state index contributed by atoms with van der Waals surface area (Å²) in [4.78, 5) is 9.36. The van der Waals surface area contributed by atoms with Crippen LogP contribution in [0.5, 0.6) is 0 Å². The summed E-state index contributed by atoms with van der Waals surface area (Å²) >= 11 is 0. The zero-order valence-corrected chi connectivity index (χ0v) is 68.3. The largest absolute Gasteiger partial charge is 0.311 e. The molecule has 22 aromatic carbocycles. The first-order chi connectivity index (χ1) is 61.4. The Morgan fingerprint density at radius 3 is 0.419 bits per heavy atom. The fourth-order valence-corrected chi connectivity index (χ4v) is 17.5. The Balaban J connectivity index is 0.000000152. The summed E-state index contributed by atoms with van der Waals surface area (Å²) in [6.45, 7) is 0. The first-order valence-corrected chi connectivity index (χ1v) is 42.5. The van der Waals surface area contributed by atoms with Gasteiger partial charge in [0.2, 0.25) is 0 Å². The van der Waals surface area contributed by atoms with E-state index in [1.54, 1.807) is 0 Å². The van der Waals surface area contributed by atoms with Crippen LogP contribution in [0.3, 0.4) is 0 Å². The molecule has 0 unspecified atom stereocenters. The van der Waals surface area contributed by atoms with Crippen LogP contribution in [-0.4, -0.2) is 0 Å². The SMILES string of the molecule is c1ccc(N(c2ccc(-c3ccc(-c4ccc(N(c5ccccc5)c5ccc(-c6ccc7ccccc7c6)cc5)cc4)cc3)cc2)c2ccc(-c3ccc4ccccc4c3)cc2)cc1.c1ccc2cc(N(c3ccc(-c4ccc(-c5ccc(N(c6ccc7ccccc7c6)c6ccc7ccccc7c6)cc5)cc4)cc3)c3ccc4ccccc4c3)ccc2c1. The van der Waals surface area contributed by atoms with E-state index in [9.17, 15) is 0 Å². The summed E-state index contributed by atoms with van der Waals surface area (Å²) in [7, 11) is 0. The third-order valence-corrected chi connectivity index (χ3v) is 24.0. The van der Waals surface area contributed by atoms with Gasteiger partial charge in [0, 0.05) is 68.2 Å². The van der Waals surface area contributed by atoms with Crippen LogP contribution < -0.4 is 19.6 Å². The molecule has 0 atom stereocenters. The van der Waals surface area contributed by atoms with Crippen LogP contribution in [0.1, 0.15) is 0 Å². The minimum Gasteiger partial charge on any atom is -0.311 e. The van der Waals surface area contributed by atoms with E-state index in [2.05, 4.69) is 529 Å². The minimum atomic E-state index is 1.11. The Bertz CT molecular complexity index is 6930. The standard InChI is InChI=1S/C62H44N2.C58H40N2/c1-3-15-57(16-4-1)63(61-39-31-51(32-40-61)55-25-23-45-11-7-9-13-53(45)43-55)59-35-27-49(28-36-59)47-19-21-48(22-20-47)50-29-37-60(38-30-50)64(58-17-5-2-6-18-58)62-41-33-52(34-42-62)56-26-24-46-12-8-10-14-54(46)44-56;1-5-13-49-37-55(33-25-41(49)9-1)59(56-34-26-42-10-2-6-14-50(42)38-56)53-29-21-47(22-30-53)45-17-19-46(20-18-45)48-23-31-54(32-24-48)60(57-35-27-43-11-3-7-15-51(43)39-57)58-36-28-44-12-4-8-16-52(44)40-58/h1-44H;1-40H. The van der Waals surface area contributed by atoms with Crippen LogP contribution in [0, 0.1) is 0 Å². The van der Waals surface area contributed by atoms with Gasteiger partial charge in [0.15, 0.2) is 0 Å². The molecule has 0 bridgehead atoms. The van der Waals surface area contributed by atoms with E-state index in [0.717, 1.165) is 68.2 Å². The maximum Gasteiger partial charge on any atom is 0.0468 e. The third kappa shape index (κ3) is 15.7. The average Bonchev–Trinajstić information content (AvgIpc) is 0.957. The van der Waals surface area contributed by atoms with Crippen molar-refractivity contribution in [2.24, 2.45) is 0 Å². The molecule has 0 aliphatic rings. The molecule has 0 saturated heterocycles. The highest BCUT2D eigenvalue weighted by Crippen LogP contribution is 2.45. The molecule has 124 heavy (non-hydrogen) atoms. The molecular weight excluding hydrogens is 1500 g/mol. The summed E-state index contributed by atoms with van der Waals surface area (Å²) < 4.78 is 0. The molecule has 584 valence electrons. The van der Waals surface area contributed by atoms with Crippen molar-refractivity contribution >= 4 is 133 Å². The average molecular weight is 1580 g/mol. The normalized spacial score (nSPS) is 11.2. The van der Waals surface area contributed by atoms with Gasteiger partial charge in [0.25, 0.3) is 0 Å². The molecule has 0 radical (unpaired) electrons. The van der Waals surface area contributed by atoms with E-state index in [0.29, 0.717) is 0 Å². The Kier molecular flexibility index (Phi) is 20.5. The van der Waals surface area contributed by atoms with Gasteiger partial charge in [-0.25, -0.2) is 0 Å². The van der Waals surface area contributed by atoms with Gasteiger partial charge < -0.3 is 19.6 Å². The molecule has 22 rings (SSSR count). The number of anilines is 12. The van der Waals surface area contributed by atoms with Gasteiger partial charge in [-0.3, -0.25) is 0 Å². The maximum atomic E-state index is 2.36. The lowest BCUT2D eigenvalue weighted by Crippen LogP contribution is -2.10. The highest BCUT2D eigenvalue weighted by Gasteiger charge is 2.20.